The summed E-state index contributed by atoms with van der Waals surface area (Å²) in [6, 6.07) is 11.8. The Morgan fingerprint density at radius 1 is 1.25 bits per heavy atom. The van der Waals surface area contributed by atoms with Gasteiger partial charge in [0.1, 0.15) is 23.2 Å². The van der Waals surface area contributed by atoms with E-state index in [4.69, 9.17) is 21.6 Å². The van der Waals surface area contributed by atoms with Crippen LogP contribution in [0.2, 0.25) is 5.02 Å². The van der Waals surface area contributed by atoms with Crippen LogP contribution in [0.15, 0.2) is 42.5 Å². The van der Waals surface area contributed by atoms with Gasteiger partial charge in [0.25, 0.3) is 0 Å². The molecule has 0 unspecified atom stereocenters. The third kappa shape index (κ3) is 3.14. The molecule has 5 heteroatoms. The van der Waals surface area contributed by atoms with E-state index in [1.807, 2.05) is 6.07 Å². The van der Waals surface area contributed by atoms with Gasteiger partial charge in [-0.2, -0.15) is 5.26 Å². The topological polar surface area (TPSA) is 50.1 Å². The molecule has 0 fully saturated rings. The molecule has 0 spiro atoms. The van der Waals surface area contributed by atoms with E-state index in [9.17, 15) is 9.18 Å². The Hall–Kier alpha value is -2.38. The third-order valence-electron chi connectivity index (χ3n) is 2.61. The first-order valence-corrected chi connectivity index (χ1v) is 6.10. The lowest BCUT2D eigenvalue weighted by atomic mass is 10.1. The molecular formula is C15H9ClFNO2. The van der Waals surface area contributed by atoms with Gasteiger partial charge in [-0.25, -0.2) is 4.39 Å². The number of carbonyl (C=O) groups is 1. The molecule has 0 aromatic heterocycles. The van der Waals surface area contributed by atoms with Crippen molar-refractivity contribution in [3.05, 3.63) is 64.4 Å². The zero-order valence-electron chi connectivity index (χ0n) is 10.3. The Morgan fingerprint density at radius 3 is 2.60 bits per heavy atom. The Labute approximate surface area is 120 Å². The van der Waals surface area contributed by atoms with E-state index in [0.29, 0.717) is 5.56 Å². The van der Waals surface area contributed by atoms with E-state index in [1.54, 1.807) is 18.2 Å². The number of Topliss-reactive ketones (excluding diaryl/α,β-unsaturated/α-hetero) is 1. The summed E-state index contributed by atoms with van der Waals surface area (Å²) in [6.07, 6.45) is 0. The van der Waals surface area contributed by atoms with Gasteiger partial charge in [0.15, 0.2) is 12.4 Å². The molecule has 0 bridgehead atoms. The predicted octanol–water partition coefficient (Wildman–Crippen LogP) is 3.61. The van der Waals surface area contributed by atoms with Crippen molar-refractivity contribution in [3.8, 4) is 11.8 Å². The maximum absolute atomic E-state index is 12.8. The minimum atomic E-state index is -0.413. The van der Waals surface area contributed by atoms with Gasteiger partial charge in [-0.1, -0.05) is 17.7 Å². The first-order valence-electron chi connectivity index (χ1n) is 5.72. The van der Waals surface area contributed by atoms with Gasteiger partial charge in [0, 0.05) is 5.56 Å². The van der Waals surface area contributed by atoms with Crippen molar-refractivity contribution in [2.24, 2.45) is 0 Å². The first-order chi connectivity index (χ1) is 9.61. The van der Waals surface area contributed by atoms with Crippen molar-refractivity contribution >= 4 is 17.4 Å². The minimum absolute atomic E-state index is 0.182. The van der Waals surface area contributed by atoms with Crippen LogP contribution in [-0.4, -0.2) is 12.4 Å². The number of ether oxygens (including phenoxy) is 1. The standard InChI is InChI=1S/C15H9ClFNO2/c16-13-2-1-3-15(12(13)8-18)20-9-14(19)10-4-6-11(17)7-5-10/h1-7H,9H2. The Kier molecular flexibility index (Phi) is 4.34. The third-order valence-corrected chi connectivity index (χ3v) is 2.93. The van der Waals surface area contributed by atoms with Crippen molar-refractivity contribution in [3.63, 3.8) is 0 Å². The van der Waals surface area contributed by atoms with Crippen molar-refractivity contribution in [1.29, 1.82) is 5.26 Å². The molecule has 0 aliphatic heterocycles. The SMILES string of the molecule is N#Cc1c(Cl)cccc1OCC(=O)c1ccc(F)cc1. The van der Waals surface area contributed by atoms with Crippen LogP contribution in [0.3, 0.4) is 0 Å². The number of hydrogen-bond acceptors (Lipinski definition) is 3. The van der Waals surface area contributed by atoms with Gasteiger partial charge in [-0.05, 0) is 36.4 Å². The summed E-state index contributed by atoms with van der Waals surface area (Å²) >= 11 is 5.85. The molecule has 0 saturated heterocycles. The lowest BCUT2D eigenvalue weighted by molar-refractivity contribution is 0.0921. The highest BCUT2D eigenvalue weighted by atomic mass is 35.5. The van der Waals surface area contributed by atoms with Gasteiger partial charge in [-0.15, -0.1) is 0 Å². The second-order valence-electron chi connectivity index (χ2n) is 3.94. The number of nitrogens with zero attached hydrogens (tertiary/aromatic N) is 1. The second kappa shape index (κ2) is 6.18. The maximum atomic E-state index is 12.8. The van der Waals surface area contributed by atoms with Gasteiger partial charge >= 0.3 is 0 Å². The summed E-state index contributed by atoms with van der Waals surface area (Å²) in [5.74, 6) is -0.478. The van der Waals surface area contributed by atoms with Crippen molar-refractivity contribution < 1.29 is 13.9 Å². The normalized spacial score (nSPS) is 9.85. The fourth-order valence-corrected chi connectivity index (χ4v) is 1.80. The van der Waals surface area contributed by atoms with Crippen molar-refractivity contribution in [2.75, 3.05) is 6.61 Å². The molecule has 0 amide bonds. The molecule has 0 aliphatic carbocycles. The van der Waals surface area contributed by atoms with Crippen LogP contribution >= 0.6 is 11.6 Å². The predicted molar refractivity (Wildman–Crippen MR) is 72.4 cm³/mol. The Morgan fingerprint density at radius 2 is 1.95 bits per heavy atom. The number of hydrogen-bond donors (Lipinski definition) is 0. The number of nitriles is 1. The molecule has 20 heavy (non-hydrogen) atoms. The summed E-state index contributed by atoms with van der Waals surface area (Å²) in [6.45, 7) is -0.249. The fourth-order valence-electron chi connectivity index (χ4n) is 1.60. The number of benzene rings is 2. The molecular weight excluding hydrogens is 281 g/mol. The number of ketones is 1. The first kappa shape index (κ1) is 14.0. The summed E-state index contributed by atoms with van der Waals surface area (Å²) < 4.78 is 18.1. The maximum Gasteiger partial charge on any atom is 0.200 e. The zero-order chi connectivity index (χ0) is 14.5. The summed E-state index contributed by atoms with van der Waals surface area (Å²) in [4.78, 5) is 11.9. The highest BCUT2D eigenvalue weighted by Crippen LogP contribution is 2.25. The van der Waals surface area contributed by atoms with Crippen LogP contribution in [0.4, 0.5) is 4.39 Å². The molecule has 0 heterocycles. The van der Waals surface area contributed by atoms with Crippen molar-refractivity contribution in [2.45, 2.75) is 0 Å². The molecule has 3 nitrogen and oxygen atoms in total. The number of rotatable bonds is 4. The van der Waals surface area contributed by atoms with E-state index in [0.717, 1.165) is 0 Å². The van der Waals surface area contributed by atoms with Crippen LogP contribution in [0, 0.1) is 17.1 Å². The molecule has 0 atom stereocenters. The number of carbonyl (C=O) groups excluding carboxylic acids is 1. The van der Waals surface area contributed by atoms with Gasteiger partial charge in [-0.3, -0.25) is 4.79 Å². The average molecular weight is 290 g/mol. The van der Waals surface area contributed by atoms with Crippen LogP contribution in [0.5, 0.6) is 5.75 Å². The lowest BCUT2D eigenvalue weighted by Gasteiger charge is -2.08. The van der Waals surface area contributed by atoms with E-state index in [2.05, 4.69) is 0 Å². The van der Waals surface area contributed by atoms with Gasteiger partial charge in [0.05, 0.1) is 5.02 Å². The largest absolute Gasteiger partial charge is 0.484 e. The fraction of sp³-hybridized carbons (Fsp3) is 0.0667. The molecule has 0 N–H and O–H groups in total. The summed E-state index contributed by atoms with van der Waals surface area (Å²) in [5.41, 5.74) is 0.521. The van der Waals surface area contributed by atoms with E-state index in [-0.39, 0.29) is 28.7 Å². The summed E-state index contributed by atoms with van der Waals surface area (Å²) in [7, 11) is 0. The smallest absolute Gasteiger partial charge is 0.200 e. The highest BCUT2D eigenvalue weighted by molar-refractivity contribution is 6.31. The minimum Gasteiger partial charge on any atom is -0.484 e. The van der Waals surface area contributed by atoms with E-state index >= 15 is 0 Å². The molecule has 0 saturated carbocycles. The summed E-state index contributed by atoms with van der Waals surface area (Å²) in [5, 5.41) is 9.23. The van der Waals surface area contributed by atoms with Gasteiger partial charge < -0.3 is 4.74 Å². The van der Waals surface area contributed by atoms with Crippen LogP contribution in [-0.2, 0) is 0 Å². The van der Waals surface area contributed by atoms with Crippen LogP contribution < -0.4 is 4.74 Å². The molecule has 100 valence electrons. The second-order valence-corrected chi connectivity index (χ2v) is 4.35. The molecule has 2 aromatic rings. The van der Waals surface area contributed by atoms with E-state index in [1.165, 1.54) is 24.3 Å². The van der Waals surface area contributed by atoms with Crippen LogP contribution in [0.1, 0.15) is 15.9 Å². The zero-order valence-corrected chi connectivity index (χ0v) is 11.0. The Balaban J connectivity index is 2.10. The highest BCUT2D eigenvalue weighted by Gasteiger charge is 2.11. The molecule has 2 rings (SSSR count). The van der Waals surface area contributed by atoms with Crippen molar-refractivity contribution in [1.82, 2.24) is 0 Å². The lowest BCUT2D eigenvalue weighted by Crippen LogP contribution is -2.12. The average Bonchev–Trinajstić information content (AvgIpc) is 2.45. The molecule has 0 aliphatic rings. The van der Waals surface area contributed by atoms with Gasteiger partial charge in [0.2, 0.25) is 0 Å². The molecule has 2 aromatic carbocycles. The van der Waals surface area contributed by atoms with E-state index < -0.39 is 5.82 Å². The number of halogens is 2. The Bertz CT molecular complexity index is 677. The molecule has 0 radical (unpaired) electrons. The van der Waals surface area contributed by atoms with Crippen LogP contribution in [0.25, 0.3) is 0 Å². The monoisotopic (exact) mass is 289 g/mol. The quantitative estimate of drug-likeness (QED) is 0.808.